The molecule has 27 heavy (non-hydrogen) atoms. The molecule has 7 heteroatoms. The summed E-state index contributed by atoms with van der Waals surface area (Å²) in [5, 5.41) is 0.935. The molecule has 0 saturated carbocycles. The second kappa shape index (κ2) is 9.10. The minimum atomic E-state index is 0.111. The van der Waals surface area contributed by atoms with Crippen LogP contribution in [0.5, 0.6) is 11.5 Å². The monoisotopic (exact) mass is 387 g/mol. The molecule has 6 nitrogen and oxygen atoms in total. The first-order valence-corrected chi connectivity index (χ1v) is 9.88. The fourth-order valence-electron chi connectivity index (χ4n) is 3.06. The Labute approximate surface area is 164 Å². The smallest absolute Gasteiger partial charge is 0.241 e. The molecule has 3 rings (SSSR count). The number of pyridine rings is 1. The van der Waals surface area contributed by atoms with Crippen LogP contribution in [-0.4, -0.2) is 62.4 Å². The highest BCUT2D eigenvalue weighted by atomic mass is 32.2. The Hall–Kier alpha value is -2.25. The molecule has 144 valence electrons. The molecule has 0 saturated heterocycles. The number of fused-ring (bicyclic) bond motifs is 1. The normalized spacial score (nSPS) is 13.4. The van der Waals surface area contributed by atoms with Crippen LogP contribution in [-0.2, 0) is 11.2 Å². The number of benzene rings is 1. The molecule has 2 aromatic rings. The molecule has 0 radical (unpaired) electrons. The number of hydrogen-bond acceptors (Lipinski definition) is 6. The van der Waals surface area contributed by atoms with Crippen LogP contribution in [0, 0.1) is 0 Å². The lowest BCUT2D eigenvalue weighted by molar-refractivity contribution is -0.119. The molecule has 1 aromatic carbocycles. The van der Waals surface area contributed by atoms with Gasteiger partial charge in [-0.05, 0) is 43.3 Å². The van der Waals surface area contributed by atoms with Gasteiger partial charge in [0.25, 0.3) is 0 Å². The van der Waals surface area contributed by atoms with E-state index in [9.17, 15) is 4.79 Å². The van der Waals surface area contributed by atoms with Gasteiger partial charge in [-0.25, -0.2) is 4.98 Å². The van der Waals surface area contributed by atoms with Crippen LogP contribution >= 0.6 is 11.8 Å². The van der Waals surface area contributed by atoms with Crippen LogP contribution in [0.3, 0.4) is 0 Å². The van der Waals surface area contributed by atoms with Gasteiger partial charge in [-0.3, -0.25) is 9.69 Å². The van der Waals surface area contributed by atoms with E-state index < -0.39 is 0 Å². The van der Waals surface area contributed by atoms with Crippen molar-refractivity contribution in [2.75, 3.05) is 51.6 Å². The number of amides is 1. The van der Waals surface area contributed by atoms with Gasteiger partial charge in [0.05, 0.1) is 26.5 Å². The lowest BCUT2D eigenvalue weighted by Gasteiger charge is -2.29. The Bertz CT molecular complexity index is 800. The molecule has 0 aliphatic carbocycles. The number of likely N-dealkylation sites (N-methyl/N-ethyl adjacent to an activating group) is 1. The number of thioether (sulfide) groups is 1. The first kappa shape index (κ1) is 19.5. The molecule has 1 aromatic heterocycles. The summed E-state index contributed by atoms with van der Waals surface area (Å²) in [6.45, 7) is 1.89. The van der Waals surface area contributed by atoms with Crippen LogP contribution in [0.2, 0.25) is 0 Å². The van der Waals surface area contributed by atoms with E-state index in [2.05, 4.69) is 9.88 Å². The zero-order valence-corrected chi connectivity index (χ0v) is 16.8. The Morgan fingerprint density at radius 2 is 2.07 bits per heavy atom. The maximum Gasteiger partial charge on any atom is 0.241 e. The summed E-state index contributed by atoms with van der Waals surface area (Å²) >= 11 is 1.70. The summed E-state index contributed by atoms with van der Waals surface area (Å²) in [5.74, 6) is 2.44. The molecule has 1 aliphatic heterocycles. The average molecular weight is 388 g/mol. The van der Waals surface area contributed by atoms with Crippen molar-refractivity contribution in [2.24, 2.45) is 0 Å². The van der Waals surface area contributed by atoms with Crippen molar-refractivity contribution in [1.29, 1.82) is 0 Å². The second-order valence-electron chi connectivity index (χ2n) is 6.40. The molecular formula is C20H25N3O3S. The van der Waals surface area contributed by atoms with Crippen molar-refractivity contribution in [2.45, 2.75) is 11.4 Å². The summed E-state index contributed by atoms with van der Waals surface area (Å²) in [6, 6.07) is 9.77. The average Bonchev–Trinajstić information content (AvgIpc) is 2.71. The molecule has 0 atom stereocenters. The van der Waals surface area contributed by atoms with Crippen molar-refractivity contribution in [1.82, 2.24) is 9.88 Å². The maximum absolute atomic E-state index is 12.8. The van der Waals surface area contributed by atoms with E-state index >= 15 is 0 Å². The first-order valence-electron chi connectivity index (χ1n) is 8.90. The second-order valence-corrected chi connectivity index (χ2v) is 7.48. The molecule has 0 N–H and O–H groups in total. The highest BCUT2D eigenvalue weighted by Gasteiger charge is 2.24. The van der Waals surface area contributed by atoms with Crippen LogP contribution in [0.25, 0.3) is 0 Å². The molecule has 0 fully saturated rings. The maximum atomic E-state index is 12.8. The van der Waals surface area contributed by atoms with Crippen LogP contribution in [0.4, 0.5) is 5.69 Å². The summed E-state index contributed by atoms with van der Waals surface area (Å²) in [6.07, 6.45) is 2.60. The van der Waals surface area contributed by atoms with Crippen molar-refractivity contribution in [3.8, 4) is 11.5 Å². The third-order valence-electron chi connectivity index (χ3n) is 4.53. The van der Waals surface area contributed by atoms with E-state index in [4.69, 9.17) is 9.47 Å². The molecule has 0 unspecified atom stereocenters. The lowest BCUT2D eigenvalue weighted by Crippen LogP contribution is -2.42. The number of anilines is 1. The molecule has 1 amide bonds. The zero-order valence-electron chi connectivity index (χ0n) is 16.0. The number of ether oxygens (including phenoxy) is 2. The van der Waals surface area contributed by atoms with E-state index in [1.807, 2.05) is 42.3 Å². The molecule has 2 heterocycles. The van der Waals surface area contributed by atoms with Gasteiger partial charge in [0.2, 0.25) is 5.91 Å². The summed E-state index contributed by atoms with van der Waals surface area (Å²) in [5.41, 5.74) is 2.07. The SMILES string of the molecule is COc1ccc(CCN(C)CC(=O)N2CCSc3ncccc32)cc1OC. The lowest BCUT2D eigenvalue weighted by atomic mass is 10.1. The highest BCUT2D eigenvalue weighted by molar-refractivity contribution is 7.99. The van der Waals surface area contributed by atoms with E-state index in [1.165, 1.54) is 0 Å². The van der Waals surface area contributed by atoms with Gasteiger partial charge in [-0.2, -0.15) is 0 Å². The van der Waals surface area contributed by atoms with Gasteiger partial charge in [0.1, 0.15) is 5.03 Å². The number of nitrogens with zero attached hydrogens (tertiary/aromatic N) is 3. The number of hydrogen-bond donors (Lipinski definition) is 0. The molecular weight excluding hydrogens is 362 g/mol. The minimum absolute atomic E-state index is 0.111. The Balaban J connectivity index is 1.57. The number of carbonyl (C=O) groups is 1. The minimum Gasteiger partial charge on any atom is -0.493 e. The Morgan fingerprint density at radius 1 is 1.26 bits per heavy atom. The number of carbonyl (C=O) groups excluding carboxylic acids is 1. The van der Waals surface area contributed by atoms with Crippen molar-refractivity contribution in [3.63, 3.8) is 0 Å². The van der Waals surface area contributed by atoms with E-state index in [0.717, 1.165) is 53.0 Å². The third-order valence-corrected chi connectivity index (χ3v) is 5.51. The highest BCUT2D eigenvalue weighted by Crippen LogP contribution is 2.32. The topological polar surface area (TPSA) is 54.9 Å². The van der Waals surface area contributed by atoms with Crippen molar-refractivity contribution >= 4 is 23.4 Å². The summed E-state index contributed by atoms with van der Waals surface area (Å²) in [7, 11) is 5.24. The fraction of sp³-hybridized carbons (Fsp3) is 0.400. The summed E-state index contributed by atoms with van der Waals surface area (Å²) < 4.78 is 10.6. The van der Waals surface area contributed by atoms with Crippen LogP contribution in [0.1, 0.15) is 5.56 Å². The molecule has 1 aliphatic rings. The molecule has 0 bridgehead atoms. The van der Waals surface area contributed by atoms with Crippen LogP contribution in [0.15, 0.2) is 41.6 Å². The van der Waals surface area contributed by atoms with Gasteiger partial charge in [-0.1, -0.05) is 6.07 Å². The van der Waals surface area contributed by atoms with Crippen LogP contribution < -0.4 is 14.4 Å². The van der Waals surface area contributed by atoms with E-state index in [1.54, 1.807) is 32.2 Å². The van der Waals surface area contributed by atoms with Gasteiger partial charge in [0, 0.05) is 25.0 Å². The fourth-order valence-corrected chi connectivity index (χ4v) is 3.99. The van der Waals surface area contributed by atoms with Gasteiger partial charge < -0.3 is 14.4 Å². The molecule has 0 spiro atoms. The predicted octanol–water partition coefficient (Wildman–Crippen LogP) is 2.71. The first-order chi connectivity index (χ1) is 13.1. The van der Waals surface area contributed by atoms with Gasteiger partial charge in [0.15, 0.2) is 11.5 Å². The quantitative estimate of drug-likeness (QED) is 0.728. The number of methoxy groups -OCH3 is 2. The predicted molar refractivity (Wildman–Crippen MR) is 108 cm³/mol. The van der Waals surface area contributed by atoms with E-state index in [0.29, 0.717) is 6.54 Å². The number of aromatic nitrogens is 1. The zero-order chi connectivity index (χ0) is 19.2. The Morgan fingerprint density at radius 3 is 2.85 bits per heavy atom. The van der Waals surface area contributed by atoms with Crippen molar-refractivity contribution in [3.05, 3.63) is 42.1 Å². The largest absolute Gasteiger partial charge is 0.493 e. The Kier molecular flexibility index (Phi) is 6.58. The standard InChI is InChI=1S/C20H25N3O3S/c1-22(10-8-15-6-7-17(25-2)18(13-15)26-3)14-19(24)23-11-12-27-20-16(23)5-4-9-21-20/h4-7,9,13H,8,10-12,14H2,1-3H3. The van der Waals surface area contributed by atoms with Gasteiger partial charge >= 0.3 is 0 Å². The third kappa shape index (κ3) is 4.73. The number of rotatable bonds is 7. The summed E-state index contributed by atoms with van der Waals surface area (Å²) in [4.78, 5) is 21.1. The van der Waals surface area contributed by atoms with Crippen molar-refractivity contribution < 1.29 is 14.3 Å². The van der Waals surface area contributed by atoms with Gasteiger partial charge in [-0.15, -0.1) is 11.8 Å². The van der Waals surface area contributed by atoms with E-state index in [-0.39, 0.29) is 5.91 Å².